The zero-order valence-electron chi connectivity index (χ0n) is 94.6. The van der Waals surface area contributed by atoms with Crippen LogP contribution in [0.2, 0.25) is 0 Å². The maximum absolute atomic E-state index is 8.35. The standard InChI is InChI=1S/C138H154B2N4O3S/c1-77-60-107-117-109(62-77)143(103-35-33-37-111-116(103)84-67-91-98(74-112(84)145-111)135(25,26)54-48-129(91,13)14)119-86-69-93-100(76-114(86)147-122(119)139(117)101-70-94-96(133(21,22)52-50-131(94,17)18)72-105(101)141(107)80-39-41-87-89(65-80)127(9,10)46-44-125(87,5)6)138(31,59-57-137(93,29)30)58-56-124(3,4)79-38-43-115-83(64-79)82-34-32-36-104(121(82)148-115)144-110-63-78(2)61-108-118(110)140(123-120(144)85-68-92-99(75-113(85)146-123)136(27,28)55-49-130(92,15)16)102-71-95-97(134(23,24)53-51-132(95,19)20)73-106(102)142(108)81-40-42-88-90(66-81)128(11,12)47-45-126(88,7)8/h32-43,60-76H,44-59H2,1-31H3. The average Bonchev–Trinajstić information content (AvgIpc) is 1.41. The molecule has 0 spiro atoms. The van der Waals surface area contributed by atoms with Crippen molar-refractivity contribution < 1.29 is 13.3 Å². The second kappa shape index (κ2) is 30.1. The summed E-state index contributed by atoms with van der Waals surface area (Å²) < 4.78 is 26.4. The number of aryl methyl sites for hydroxylation is 2. The van der Waals surface area contributed by atoms with Crippen molar-refractivity contribution in [3.05, 3.63) is 271 Å². The molecule has 12 aromatic carbocycles. The average molecular weight is 1970 g/mol. The van der Waals surface area contributed by atoms with Crippen molar-refractivity contribution in [2.24, 2.45) is 0 Å². The van der Waals surface area contributed by atoms with E-state index < -0.39 is 0 Å². The molecule has 8 heterocycles. The largest absolute Gasteiger partial charge is 0.468 e. The lowest BCUT2D eigenvalue weighted by atomic mass is 9.35. The lowest BCUT2D eigenvalue weighted by Gasteiger charge is -2.47. The highest BCUT2D eigenvalue weighted by atomic mass is 32.1. The van der Waals surface area contributed by atoms with E-state index in [1.807, 2.05) is 11.3 Å². The minimum absolute atomic E-state index is 0.00473. The third kappa shape index (κ3) is 13.4. The first-order valence-corrected chi connectivity index (χ1v) is 57.6. The van der Waals surface area contributed by atoms with Gasteiger partial charge < -0.3 is 32.9 Å². The highest BCUT2D eigenvalue weighted by Crippen LogP contribution is 2.63. The summed E-state index contributed by atoms with van der Waals surface area (Å²) in [6.45, 7) is 76.9. The van der Waals surface area contributed by atoms with E-state index in [0.717, 1.165) is 147 Å². The lowest BCUT2D eigenvalue weighted by molar-refractivity contribution is 0.272. The number of nitrogens with zero attached hydrogens (tertiary/aromatic N) is 4. The number of fused-ring (bicyclic) bond motifs is 25. The third-order valence-corrected chi connectivity index (χ3v) is 43.2. The highest BCUT2D eigenvalue weighted by molar-refractivity contribution is 7.26. The molecule has 148 heavy (non-hydrogen) atoms. The summed E-state index contributed by atoms with van der Waals surface area (Å²) >= 11 is 1.97. The number of rotatable bonds is 8. The molecule has 0 N–H and O–H groups in total. The van der Waals surface area contributed by atoms with Crippen molar-refractivity contribution in [3.63, 3.8) is 0 Å². The van der Waals surface area contributed by atoms with Gasteiger partial charge in [-0.15, -0.1) is 11.3 Å². The molecular weight excluding hydrogens is 1820 g/mol. The molecule has 4 aromatic heterocycles. The van der Waals surface area contributed by atoms with Crippen LogP contribution in [0.25, 0.3) is 64.0 Å². The highest BCUT2D eigenvalue weighted by Gasteiger charge is 2.56. The zero-order chi connectivity index (χ0) is 104. The van der Waals surface area contributed by atoms with Gasteiger partial charge >= 0.3 is 0 Å². The van der Waals surface area contributed by atoms with Crippen molar-refractivity contribution in [1.29, 1.82) is 0 Å². The summed E-state index contributed by atoms with van der Waals surface area (Å²) in [5.74, 6) is 0. The fourth-order valence-corrected chi connectivity index (χ4v) is 32.5. The fourth-order valence-electron chi connectivity index (χ4n) is 31.3. The molecular formula is C138H154B2N4O3S. The van der Waals surface area contributed by atoms with E-state index in [1.165, 1.54) is 216 Å². The van der Waals surface area contributed by atoms with E-state index in [2.05, 4.69) is 410 Å². The minimum Gasteiger partial charge on any atom is -0.468 e. The Hall–Kier alpha value is -10.9. The summed E-state index contributed by atoms with van der Waals surface area (Å²) in [7, 11) is 0. The Morgan fingerprint density at radius 3 is 1.06 bits per heavy atom. The molecule has 27 rings (SSSR count). The SMILES string of the molecule is Cc1cc2c3c(c1)N(c1cccc4c1sc1ccc(C(C)(C)CCC5(C)CCC(C)(C)c6cc7c8c(oc7cc65)B5c6cc7c(cc6N(c6ccc9c(c6)C(C)(C)CCC9(C)C)c6cc(C)cc(c65)N8c5cccc6oc8cc9c(cc8c56)C(C)(C)CCC9(C)C)C(C)(C)CCC7(C)C)cc14)c1c(oc4cc5c(cc14)C(C)(C)CCC5(C)C)B3c1cc3c(cc1N2c1ccc2c(c1)C(C)(C)CCC2(C)C)C(C)(C)CCC3(C)C. The van der Waals surface area contributed by atoms with Crippen molar-refractivity contribution in [3.8, 4) is 0 Å². The molecule has 1 atom stereocenters. The van der Waals surface area contributed by atoms with Crippen LogP contribution in [0, 0.1) is 13.8 Å². The number of thiophene rings is 1. The van der Waals surface area contributed by atoms with Crippen LogP contribution in [0.1, 0.15) is 398 Å². The Morgan fingerprint density at radius 2 is 0.622 bits per heavy atom. The molecule has 4 aliphatic heterocycles. The molecule has 1 unspecified atom stereocenters. The lowest BCUT2D eigenvalue weighted by Crippen LogP contribution is -2.61. The number of furan rings is 3. The van der Waals surface area contributed by atoms with Gasteiger partial charge in [0.15, 0.2) is 0 Å². The summed E-state index contributed by atoms with van der Waals surface area (Å²) in [6.07, 6.45) is 17.8. The van der Waals surface area contributed by atoms with Crippen LogP contribution < -0.4 is 52.8 Å². The van der Waals surface area contributed by atoms with Crippen LogP contribution in [0.15, 0.2) is 189 Å². The Labute approximate surface area is 885 Å². The quantitative estimate of drug-likeness (QED) is 0.141. The van der Waals surface area contributed by atoms with Gasteiger partial charge in [-0.3, -0.25) is 0 Å². The normalized spacial score (nSPS) is 22.1. The predicted octanol–water partition coefficient (Wildman–Crippen LogP) is 35.4. The van der Waals surface area contributed by atoms with Crippen molar-refractivity contribution in [2.75, 3.05) is 19.6 Å². The van der Waals surface area contributed by atoms with Crippen molar-refractivity contribution >= 4 is 190 Å². The van der Waals surface area contributed by atoms with E-state index in [4.69, 9.17) is 13.3 Å². The van der Waals surface area contributed by atoms with Crippen LogP contribution in [-0.2, 0) is 81.2 Å². The second-order valence-corrected chi connectivity index (χ2v) is 59.5. The minimum atomic E-state index is -0.239. The Balaban J connectivity index is 0.615. The molecule has 16 aromatic rings. The van der Waals surface area contributed by atoms with Crippen molar-refractivity contribution in [2.45, 2.75) is 399 Å². The van der Waals surface area contributed by atoms with Crippen LogP contribution >= 0.6 is 11.3 Å². The predicted molar refractivity (Wildman–Crippen MR) is 634 cm³/mol. The summed E-state index contributed by atoms with van der Waals surface area (Å²) in [5.41, 5.74) is 49.4. The monoisotopic (exact) mass is 1970 g/mol. The number of benzene rings is 12. The summed E-state index contributed by atoms with van der Waals surface area (Å²) in [5, 5.41) is 7.34. The van der Waals surface area contributed by atoms with Gasteiger partial charge in [-0.2, -0.15) is 0 Å². The molecule has 0 saturated heterocycles. The Kier molecular flexibility index (Phi) is 19.4. The maximum Gasteiger partial charge on any atom is 0.297 e. The smallest absolute Gasteiger partial charge is 0.297 e. The van der Waals surface area contributed by atoms with E-state index in [-0.39, 0.29) is 94.7 Å². The van der Waals surface area contributed by atoms with Crippen LogP contribution in [0.3, 0.4) is 0 Å². The molecule has 0 radical (unpaired) electrons. The molecule has 0 fully saturated rings. The van der Waals surface area contributed by atoms with Gasteiger partial charge in [0.05, 0.1) is 44.2 Å². The van der Waals surface area contributed by atoms with Crippen LogP contribution in [0.4, 0.5) is 68.2 Å². The van der Waals surface area contributed by atoms with E-state index in [0.29, 0.717) is 0 Å². The molecule has 756 valence electrons. The van der Waals surface area contributed by atoms with Crippen LogP contribution in [-0.4, -0.2) is 13.4 Å². The Bertz CT molecular complexity index is 8590. The molecule has 10 heteroatoms. The first kappa shape index (κ1) is 95.4. The second-order valence-electron chi connectivity index (χ2n) is 58.5. The van der Waals surface area contributed by atoms with E-state index in [1.54, 1.807) is 0 Å². The topological polar surface area (TPSA) is 52.4 Å². The molecule has 0 saturated carbocycles. The number of anilines is 12. The Morgan fingerprint density at radius 1 is 0.277 bits per heavy atom. The van der Waals surface area contributed by atoms with Gasteiger partial charge in [0.2, 0.25) is 0 Å². The van der Waals surface area contributed by atoms with E-state index >= 15 is 0 Å². The van der Waals surface area contributed by atoms with Gasteiger partial charge in [0.25, 0.3) is 13.4 Å². The van der Waals surface area contributed by atoms with Gasteiger partial charge in [-0.1, -0.05) is 249 Å². The summed E-state index contributed by atoms with van der Waals surface area (Å²) in [4.78, 5) is 10.9. The van der Waals surface area contributed by atoms with Gasteiger partial charge in [-0.05, 0) is 442 Å². The first-order valence-electron chi connectivity index (χ1n) is 56.7. The number of hydrogen-bond acceptors (Lipinski definition) is 8. The zero-order valence-corrected chi connectivity index (χ0v) is 95.4. The first-order chi connectivity index (χ1) is 69.4. The fraction of sp³-hybridized carbons (Fsp3) is 0.449. The van der Waals surface area contributed by atoms with Crippen molar-refractivity contribution in [1.82, 2.24) is 0 Å². The molecule has 7 nitrogen and oxygen atoms in total. The molecule has 0 amide bonds. The van der Waals surface area contributed by atoms with E-state index in [9.17, 15) is 0 Å². The third-order valence-electron chi connectivity index (χ3n) is 42.0. The molecule has 7 aliphatic carbocycles. The van der Waals surface area contributed by atoms with Gasteiger partial charge in [0.1, 0.15) is 22.3 Å². The van der Waals surface area contributed by atoms with Crippen LogP contribution in [0.5, 0.6) is 0 Å². The molecule has 11 aliphatic rings. The van der Waals surface area contributed by atoms with Gasteiger partial charge in [0, 0.05) is 77.1 Å². The maximum atomic E-state index is 8.35. The summed E-state index contributed by atoms with van der Waals surface area (Å²) in [6, 6.07) is 73.4. The number of hydrogen-bond donors (Lipinski definition) is 0. The molecule has 0 bridgehead atoms. The van der Waals surface area contributed by atoms with Gasteiger partial charge in [-0.25, -0.2) is 0 Å².